The maximum absolute atomic E-state index is 11.1. The maximum Gasteiger partial charge on any atom is 0.170 e. The van der Waals surface area contributed by atoms with E-state index in [0.29, 0.717) is 32.7 Å². The summed E-state index contributed by atoms with van der Waals surface area (Å²) in [6, 6.07) is 14.1. The summed E-state index contributed by atoms with van der Waals surface area (Å²) in [7, 11) is 0. The summed E-state index contributed by atoms with van der Waals surface area (Å²) in [4.78, 5) is 11.1. The highest BCUT2D eigenvalue weighted by Gasteiger charge is 2.14. The van der Waals surface area contributed by atoms with Crippen molar-refractivity contribution >= 4 is 41.1 Å². The van der Waals surface area contributed by atoms with Crippen molar-refractivity contribution in [1.82, 2.24) is 9.78 Å². The molecule has 110 valence electrons. The van der Waals surface area contributed by atoms with Crippen LogP contribution in [0.5, 0.6) is 0 Å². The molecule has 0 aliphatic rings. The molecule has 3 rings (SSSR count). The molecule has 2 aromatic carbocycles. The Kier molecular flexibility index (Phi) is 4.21. The van der Waals surface area contributed by atoms with E-state index < -0.39 is 0 Å². The lowest BCUT2D eigenvalue weighted by atomic mass is 10.1. The van der Waals surface area contributed by atoms with Crippen molar-refractivity contribution in [3.05, 3.63) is 69.3 Å². The number of rotatable bonds is 3. The van der Waals surface area contributed by atoms with Crippen LogP contribution in [-0.2, 0) is 0 Å². The van der Waals surface area contributed by atoms with Gasteiger partial charge in [0, 0.05) is 15.6 Å². The molecule has 0 saturated carbocycles. The predicted molar refractivity (Wildman–Crippen MR) is 89.4 cm³/mol. The van der Waals surface area contributed by atoms with Crippen LogP contribution < -0.4 is 0 Å². The van der Waals surface area contributed by atoms with Crippen molar-refractivity contribution in [3.63, 3.8) is 0 Å². The summed E-state index contributed by atoms with van der Waals surface area (Å²) in [5.41, 5.74) is 2.57. The van der Waals surface area contributed by atoms with E-state index >= 15 is 0 Å². The van der Waals surface area contributed by atoms with Gasteiger partial charge in [-0.05, 0) is 36.4 Å². The lowest BCUT2D eigenvalue weighted by molar-refractivity contribution is 0.111. The summed E-state index contributed by atoms with van der Waals surface area (Å²) >= 11 is 18.1. The first-order valence-electron chi connectivity index (χ1n) is 6.35. The van der Waals surface area contributed by atoms with Gasteiger partial charge in [-0.2, -0.15) is 5.10 Å². The Morgan fingerprint density at radius 2 is 1.59 bits per heavy atom. The number of benzene rings is 2. The minimum atomic E-state index is 0.316. The molecule has 0 radical (unpaired) electrons. The molecule has 0 N–H and O–H groups in total. The van der Waals surface area contributed by atoms with Crippen molar-refractivity contribution < 1.29 is 4.79 Å². The van der Waals surface area contributed by atoms with Crippen molar-refractivity contribution in [1.29, 1.82) is 0 Å². The molecular formula is C16H9Cl3N2O. The number of hydrogen-bond donors (Lipinski definition) is 0. The van der Waals surface area contributed by atoms with Gasteiger partial charge >= 0.3 is 0 Å². The molecule has 0 unspecified atom stereocenters. The second-order valence-corrected chi connectivity index (χ2v) is 5.87. The summed E-state index contributed by atoms with van der Waals surface area (Å²) in [5, 5.41) is 5.89. The molecule has 3 aromatic rings. The molecule has 0 spiro atoms. The molecule has 0 atom stereocenters. The highest BCUT2D eigenvalue weighted by molar-refractivity contribution is 6.35. The summed E-state index contributed by atoms with van der Waals surface area (Å²) < 4.78 is 1.62. The van der Waals surface area contributed by atoms with Crippen LogP contribution in [0.2, 0.25) is 15.1 Å². The van der Waals surface area contributed by atoms with Crippen molar-refractivity contribution in [3.8, 4) is 16.9 Å². The van der Waals surface area contributed by atoms with Crippen LogP contribution in [0.1, 0.15) is 10.5 Å². The second kappa shape index (κ2) is 6.13. The average Bonchev–Trinajstić information content (AvgIpc) is 2.92. The van der Waals surface area contributed by atoms with Gasteiger partial charge in [0.25, 0.3) is 0 Å². The van der Waals surface area contributed by atoms with Crippen LogP contribution in [0.15, 0.2) is 48.5 Å². The van der Waals surface area contributed by atoms with Crippen molar-refractivity contribution in [2.45, 2.75) is 0 Å². The fourth-order valence-corrected chi connectivity index (χ4v) is 2.73. The third kappa shape index (κ3) is 2.88. The lowest BCUT2D eigenvalue weighted by Crippen LogP contribution is -2.00. The zero-order chi connectivity index (χ0) is 15.7. The monoisotopic (exact) mass is 350 g/mol. The van der Waals surface area contributed by atoms with E-state index in [-0.39, 0.29) is 0 Å². The number of aromatic nitrogens is 2. The average molecular weight is 352 g/mol. The van der Waals surface area contributed by atoms with Gasteiger partial charge in [0.1, 0.15) is 5.69 Å². The number of halogens is 3. The van der Waals surface area contributed by atoms with Crippen molar-refractivity contribution in [2.24, 2.45) is 0 Å². The van der Waals surface area contributed by atoms with Crippen LogP contribution >= 0.6 is 34.8 Å². The smallest absolute Gasteiger partial charge is 0.170 e. The Morgan fingerprint density at radius 3 is 2.23 bits per heavy atom. The van der Waals surface area contributed by atoms with Gasteiger partial charge in [-0.25, -0.2) is 4.68 Å². The molecule has 0 bridgehead atoms. The largest absolute Gasteiger partial charge is 0.296 e. The Hall–Kier alpha value is -1.81. The SMILES string of the molecule is O=Cc1cc(-c2ccc(Cl)cc2)n(-c2ccc(Cl)cc2Cl)n1. The van der Waals surface area contributed by atoms with Gasteiger partial charge in [0.2, 0.25) is 0 Å². The van der Waals surface area contributed by atoms with Crippen molar-refractivity contribution in [2.75, 3.05) is 0 Å². The quantitative estimate of drug-likeness (QED) is 0.599. The molecular weight excluding hydrogens is 343 g/mol. The zero-order valence-corrected chi connectivity index (χ0v) is 13.4. The van der Waals surface area contributed by atoms with E-state index in [2.05, 4.69) is 5.10 Å². The van der Waals surface area contributed by atoms with Crippen LogP contribution in [0.4, 0.5) is 0 Å². The van der Waals surface area contributed by atoms with Gasteiger partial charge in [-0.3, -0.25) is 4.79 Å². The Labute approximate surface area is 142 Å². The van der Waals surface area contributed by atoms with E-state index in [1.54, 1.807) is 41.1 Å². The van der Waals surface area contributed by atoms with E-state index in [0.717, 1.165) is 11.3 Å². The van der Waals surface area contributed by atoms with Gasteiger partial charge < -0.3 is 0 Å². The molecule has 0 aliphatic heterocycles. The fraction of sp³-hybridized carbons (Fsp3) is 0. The van der Waals surface area contributed by atoms with E-state index in [1.807, 2.05) is 12.1 Å². The van der Waals surface area contributed by atoms with Crippen LogP contribution in [0.25, 0.3) is 16.9 Å². The number of hydrogen-bond acceptors (Lipinski definition) is 2. The molecule has 0 aliphatic carbocycles. The molecule has 6 heteroatoms. The summed E-state index contributed by atoms with van der Waals surface area (Å²) in [6.45, 7) is 0. The topological polar surface area (TPSA) is 34.9 Å². The van der Waals surface area contributed by atoms with Crippen LogP contribution in [0, 0.1) is 0 Å². The van der Waals surface area contributed by atoms with Crippen LogP contribution in [0.3, 0.4) is 0 Å². The number of nitrogens with zero attached hydrogens (tertiary/aromatic N) is 2. The molecule has 3 nitrogen and oxygen atoms in total. The van der Waals surface area contributed by atoms with Gasteiger partial charge in [-0.1, -0.05) is 46.9 Å². The lowest BCUT2D eigenvalue weighted by Gasteiger charge is -2.09. The van der Waals surface area contributed by atoms with E-state index in [9.17, 15) is 4.79 Å². The summed E-state index contributed by atoms with van der Waals surface area (Å²) in [5.74, 6) is 0. The normalized spacial score (nSPS) is 10.7. The fourth-order valence-electron chi connectivity index (χ4n) is 2.12. The molecule has 22 heavy (non-hydrogen) atoms. The van der Waals surface area contributed by atoms with Gasteiger partial charge in [-0.15, -0.1) is 0 Å². The highest BCUT2D eigenvalue weighted by Crippen LogP contribution is 2.30. The molecule has 1 aromatic heterocycles. The first-order chi connectivity index (χ1) is 10.6. The number of aldehydes is 1. The maximum atomic E-state index is 11.1. The standard InChI is InChI=1S/C16H9Cl3N2O/c17-11-3-1-10(2-4-11)16-8-13(9-22)20-21(16)15-6-5-12(18)7-14(15)19/h1-9H. The Balaban J connectivity index is 2.20. The molecule has 1 heterocycles. The number of carbonyl (C=O) groups is 1. The minimum absolute atomic E-state index is 0.316. The number of carbonyl (C=O) groups excluding carboxylic acids is 1. The molecule has 0 saturated heterocycles. The molecule has 0 fully saturated rings. The highest BCUT2D eigenvalue weighted by atomic mass is 35.5. The third-order valence-corrected chi connectivity index (χ3v) is 3.92. The van der Waals surface area contributed by atoms with E-state index in [1.165, 1.54) is 0 Å². The first kappa shape index (κ1) is 15.1. The predicted octanol–water partition coefficient (Wildman–Crippen LogP) is 5.31. The van der Waals surface area contributed by atoms with E-state index in [4.69, 9.17) is 34.8 Å². The minimum Gasteiger partial charge on any atom is -0.296 e. The first-order valence-corrected chi connectivity index (χ1v) is 7.48. The van der Waals surface area contributed by atoms with Gasteiger partial charge in [0.05, 0.1) is 16.4 Å². The zero-order valence-electron chi connectivity index (χ0n) is 11.1. The van der Waals surface area contributed by atoms with Crippen LogP contribution in [-0.4, -0.2) is 16.1 Å². The summed E-state index contributed by atoms with van der Waals surface area (Å²) in [6.07, 6.45) is 0.694. The Bertz CT molecular complexity index is 841. The third-order valence-electron chi connectivity index (χ3n) is 3.13. The molecule has 0 amide bonds. The second-order valence-electron chi connectivity index (χ2n) is 4.59. The van der Waals surface area contributed by atoms with Gasteiger partial charge in [0.15, 0.2) is 6.29 Å². The Morgan fingerprint density at radius 1 is 0.909 bits per heavy atom.